The molecule has 0 bridgehead atoms. The molecule has 0 aromatic carbocycles. The number of nitrogens with zero attached hydrogens (tertiary/aromatic N) is 2. The number of aliphatic imine (C=N–C) groups is 1. The van der Waals surface area contributed by atoms with E-state index in [-0.39, 0.29) is 42.0 Å². The van der Waals surface area contributed by atoms with Gasteiger partial charge in [0.1, 0.15) is 6.54 Å². The Labute approximate surface area is 156 Å². The maximum Gasteiger partial charge on any atom is 0.243 e. The highest BCUT2D eigenvalue weighted by molar-refractivity contribution is 14.0. The van der Waals surface area contributed by atoms with Gasteiger partial charge in [0.15, 0.2) is 5.96 Å². The van der Waals surface area contributed by atoms with Gasteiger partial charge in [-0.1, -0.05) is 12.8 Å². The van der Waals surface area contributed by atoms with E-state index < -0.39 is 0 Å². The molecule has 134 valence electrons. The van der Waals surface area contributed by atoms with Crippen molar-refractivity contribution in [3.8, 4) is 0 Å². The van der Waals surface area contributed by atoms with Gasteiger partial charge in [-0.2, -0.15) is 0 Å². The fourth-order valence-electron chi connectivity index (χ4n) is 3.32. The third-order valence-corrected chi connectivity index (χ3v) is 4.56. The molecular weight excluding hydrogens is 407 g/mol. The Bertz CT molecular complexity index is 409. The van der Waals surface area contributed by atoms with E-state index in [0.29, 0.717) is 6.04 Å². The van der Waals surface area contributed by atoms with Crippen LogP contribution in [0, 0.1) is 0 Å². The largest absolute Gasteiger partial charge is 0.375 e. The Balaban J connectivity index is 0.00000264. The monoisotopic (exact) mass is 438 g/mol. The van der Waals surface area contributed by atoms with Gasteiger partial charge in [0.2, 0.25) is 5.91 Å². The molecule has 7 heteroatoms. The summed E-state index contributed by atoms with van der Waals surface area (Å²) in [6, 6.07) is 0.374. The van der Waals surface area contributed by atoms with E-state index in [1.54, 1.807) is 19.0 Å². The van der Waals surface area contributed by atoms with Crippen LogP contribution in [0.25, 0.3) is 0 Å². The first-order chi connectivity index (χ1) is 10.5. The minimum Gasteiger partial charge on any atom is -0.375 e. The fourth-order valence-corrected chi connectivity index (χ4v) is 3.32. The maximum atomic E-state index is 11.7. The lowest BCUT2D eigenvalue weighted by Gasteiger charge is -2.39. The van der Waals surface area contributed by atoms with Crippen LogP contribution in [0.1, 0.15) is 45.4 Å². The second-order valence-electron chi connectivity index (χ2n) is 6.56. The number of ether oxygens (including phenoxy) is 1. The number of halogens is 1. The molecule has 1 saturated heterocycles. The Morgan fingerprint density at radius 3 is 2.65 bits per heavy atom. The Hall–Kier alpha value is -0.570. The zero-order chi connectivity index (χ0) is 16.0. The molecule has 6 nitrogen and oxygen atoms in total. The number of hydrogen-bond acceptors (Lipinski definition) is 3. The van der Waals surface area contributed by atoms with Gasteiger partial charge in [0.25, 0.3) is 0 Å². The number of carbonyl (C=O) groups excluding carboxylic acids is 1. The first-order valence-electron chi connectivity index (χ1n) is 8.43. The van der Waals surface area contributed by atoms with Crippen molar-refractivity contribution in [1.29, 1.82) is 0 Å². The molecule has 1 spiro atoms. The van der Waals surface area contributed by atoms with E-state index in [1.165, 1.54) is 25.7 Å². The molecule has 1 aliphatic heterocycles. The van der Waals surface area contributed by atoms with Crippen molar-refractivity contribution < 1.29 is 9.53 Å². The standard InChI is InChI=1S/C16H30N4O2.HI/c1-4-17-15(18-12-14(21)20(2)3)19-13-7-10-22-16(11-13)8-5-6-9-16;/h13H,4-12H2,1-3H3,(H2,17,18,19);1H. The molecule has 1 aliphatic carbocycles. The second-order valence-corrected chi connectivity index (χ2v) is 6.56. The minimum atomic E-state index is 0. The Kier molecular flexibility index (Phi) is 8.60. The van der Waals surface area contributed by atoms with Gasteiger partial charge >= 0.3 is 0 Å². The summed E-state index contributed by atoms with van der Waals surface area (Å²) in [6.45, 7) is 3.81. The van der Waals surface area contributed by atoms with Crippen molar-refractivity contribution in [1.82, 2.24) is 15.5 Å². The molecule has 1 atom stereocenters. The average Bonchev–Trinajstić information content (AvgIpc) is 2.92. The fraction of sp³-hybridized carbons (Fsp3) is 0.875. The lowest BCUT2D eigenvalue weighted by molar-refractivity contribution is -0.127. The average molecular weight is 438 g/mol. The normalized spacial score (nSPS) is 23.3. The molecule has 1 unspecified atom stereocenters. The van der Waals surface area contributed by atoms with Gasteiger partial charge in [-0.05, 0) is 32.6 Å². The van der Waals surface area contributed by atoms with Crippen LogP contribution in [0.5, 0.6) is 0 Å². The molecule has 1 saturated carbocycles. The molecule has 2 rings (SSSR count). The van der Waals surface area contributed by atoms with Crippen LogP contribution in [0.2, 0.25) is 0 Å². The van der Waals surface area contributed by atoms with Crippen molar-refractivity contribution >= 4 is 35.8 Å². The predicted molar refractivity (Wildman–Crippen MR) is 103 cm³/mol. The number of nitrogens with one attached hydrogen (secondary N) is 2. The van der Waals surface area contributed by atoms with Gasteiger partial charge in [-0.15, -0.1) is 24.0 Å². The van der Waals surface area contributed by atoms with Crippen LogP contribution in [-0.4, -0.2) is 62.2 Å². The number of amides is 1. The van der Waals surface area contributed by atoms with Crippen LogP contribution < -0.4 is 10.6 Å². The van der Waals surface area contributed by atoms with E-state index >= 15 is 0 Å². The zero-order valence-electron chi connectivity index (χ0n) is 14.6. The van der Waals surface area contributed by atoms with Crippen LogP contribution >= 0.6 is 24.0 Å². The van der Waals surface area contributed by atoms with E-state index in [1.807, 2.05) is 6.92 Å². The van der Waals surface area contributed by atoms with Crippen molar-refractivity contribution in [3.63, 3.8) is 0 Å². The Morgan fingerprint density at radius 2 is 2.04 bits per heavy atom. The van der Waals surface area contributed by atoms with Gasteiger partial charge in [-0.25, -0.2) is 4.99 Å². The van der Waals surface area contributed by atoms with Crippen molar-refractivity contribution in [2.24, 2.45) is 4.99 Å². The van der Waals surface area contributed by atoms with Crippen LogP contribution in [-0.2, 0) is 9.53 Å². The third-order valence-electron chi connectivity index (χ3n) is 4.56. The SMILES string of the molecule is CCNC(=NCC(=O)N(C)C)NC1CCOC2(CCCC2)C1.I. The van der Waals surface area contributed by atoms with Gasteiger partial charge in [-0.3, -0.25) is 4.79 Å². The van der Waals surface area contributed by atoms with Gasteiger partial charge in [0, 0.05) is 33.3 Å². The van der Waals surface area contributed by atoms with E-state index in [2.05, 4.69) is 15.6 Å². The van der Waals surface area contributed by atoms with Gasteiger partial charge < -0.3 is 20.3 Å². The Morgan fingerprint density at radius 1 is 1.35 bits per heavy atom. The topological polar surface area (TPSA) is 66.0 Å². The zero-order valence-corrected chi connectivity index (χ0v) is 16.9. The number of rotatable bonds is 4. The summed E-state index contributed by atoms with van der Waals surface area (Å²) in [5.74, 6) is 0.745. The molecule has 0 aromatic rings. The third kappa shape index (κ3) is 6.10. The first kappa shape index (κ1) is 20.5. The van der Waals surface area contributed by atoms with Gasteiger partial charge in [0.05, 0.1) is 5.60 Å². The highest BCUT2D eigenvalue weighted by Crippen LogP contribution is 2.39. The molecule has 2 N–H and O–H groups in total. The number of carbonyl (C=O) groups is 1. The quantitative estimate of drug-likeness (QED) is 0.399. The number of likely N-dealkylation sites (N-methyl/N-ethyl adjacent to an activating group) is 1. The number of hydrogen-bond donors (Lipinski definition) is 2. The van der Waals surface area contributed by atoms with Crippen LogP contribution in [0.15, 0.2) is 4.99 Å². The van der Waals surface area contributed by atoms with E-state index in [0.717, 1.165) is 32.0 Å². The molecular formula is C16H31IN4O2. The molecule has 0 aromatic heterocycles. The summed E-state index contributed by atoms with van der Waals surface area (Å²) in [4.78, 5) is 17.7. The summed E-state index contributed by atoms with van der Waals surface area (Å²) >= 11 is 0. The lowest BCUT2D eigenvalue weighted by atomic mass is 9.89. The molecule has 23 heavy (non-hydrogen) atoms. The minimum absolute atomic E-state index is 0. The smallest absolute Gasteiger partial charge is 0.243 e. The molecule has 1 amide bonds. The summed E-state index contributed by atoms with van der Waals surface area (Å²) in [5, 5.41) is 6.72. The molecule has 0 radical (unpaired) electrons. The van der Waals surface area contributed by atoms with E-state index in [4.69, 9.17) is 4.74 Å². The first-order valence-corrected chi connectivity index (χ1v) is 8.43. The summed E-state index contributed by atoms with van der Waals surface area (Å²) in [6.07, 6.45) is 6.94. The molecule has 2 aliphatic rings. The predicted octanol–water partition coefficient (Wildman–Crippen LogP) is 1.74. The summed E-state index contributed by atoms with van der Waals surface area (Å²) in [7, 11) is 3.50. The number of guanidine groups is 1. The van der Waals surface area contributed by atoms with E-state index in [9.17, 15) is 4.79 Å². The molecule has 1 heterocycles. The van der Waals surface area contributed by atoms with Crippen LogP contribution in [0.4, 0.5) is 0 Å². The second kappa shape index (κ2) is 9.66. The van der Waals surface area contributed by atoms with Crippen molar-refractivity contribution in [3.05, 3.63) is 0 Å². The maximum absolute atomic E-state index is 11.7. The van der Waals surface area contributed by atoms with Crippen LogP contribution in [0.3, 0.4) is 0 Å². The summed E-state index contributed by atoms with van der Waals surface area (Å²) in [5.41, 5.74) is 0.0900. The lowest BCUT2D eigenvalue weighted by Crippen LogP contribution is -2.50. The molecule has 2 fully saturated rings. The highest BCUT2D eigenvalue weighted by Gasteiger charge is 2.40. The summed E-state index contributed by atoms with van der Waals surface area (Å²) < 4.78 is 6.07. The van der Waals surface area contributed by atoms with Crippen molar-refractivity contribution in [2.75, 3.05) is 33.8 Å². The van der Waals surface area contributed by atoms with Crippen molar-refractivity contribution in [2.45, 2.75) is 57.1 Å². The highest BCUT2D eigenvalue weighted by atomic mass is 127.